The summed E-state index contributed by atoms with van der Waals surface area (Å²) in [6, 6.07) is 10.9. The summed E-state index contributed by atoms with van der Waals surface area (Å²) in [6.07, 6.45) is 3.06. The van der Waals surface area contributed by atoms with Crippen molar-refractivity contribution in [1.82, 2.24) is 30.2 Å². The second-order valence-electron chi connectivity index (χ2n) is 7.47. The first-order chi connectivity index (χ1) is 13.6. The maximum atomic E-state index is 4.30. The lowest BCUT2D eigenvalue weighted by atomic mass is 10.1. The quantitative estimate of drug-likeness (QED) is 0.584. The molecular weight excluding hydrogens is 350 g/mol. The maximum Gasteiger partial charge on any atom is 0.191 e. The molecule has 0 unspecified atom stereocenters. The Kier molecular flexibility index (Phi) is 7.45. The molecule has 1 aliphatic heterocycles. The van der Waals surface area contributed by atoms with Crippen LogP contribution in [0.1, 0.15) is 23.2 Å². The van der Waals surface area contributed by atoms with Crippen LogP contribution < -0.4 is 10.6 Å². The van der Waals surface area contributed by atoms with Crippen LogP contribution in [0.5, 0.6) is 0 Å². The van der Waals surface area contributed by atoms with Gasteiger partial charge >= 0.3 is 0 Å². The van der Waals surface area contributed by atoms with Gasteiger partial charge in [0.15, 0.2) is 5.96 Å². The molecular formula is C21H33N7. The summed E-state index contributed by atoms with van der Waals surface area (Å²) in [5.41, 5.74) is 3.75. The number of benzene rings is 1. The second kappa shape index (κ2) is 10.2. The van der Waals surface area contributed by atoms with Crippen LogP contribution in [0.15, 0.2) is 41.5 Å². The lowest BCUT2D eigenvalue weighted by Crippen LogP contribution is -2.36. The van der Waals surface area contributed by atoms with Gasteiger partial charge in [-0.15, -0.1) is 0 Å². The Labute approximate surface area is 168 Å². The third-order valence-corrected chi connectivity index (χ3v) is 5.28. The van der Waals surface area contributed by atoms with E-state index in [1.54, 1.807) is 13.2 Å². The van der Waals surface area contributed by atoms with E-state index in [1.807, 2.05) is 17.8 Å². The van der Waals surface area contributed by atoms with Crippen molar-refractivity contribution in [2.45, 2.75) is 26.1 Å². The first-order valence-electron chi connectivity index (χ1n) is 10.0. The van der Waals surface area contributed by atoms with E-state index in [2.05, 4.69) is 61.8 Å². The molecule has 28 heavy (non-hydrogen) atoms. The standard InChI is InChI=1S/C21H33N7/c1-22-21(24-16-20-9-10-25-27(20)3)23-15-18-5-7-19(8-6-18)17-28-12-4-11-26(2)13-14-28/h5-10H,4,11-17H2,1-3H3,(H2,22,23,24). The van der Waals surface area contributed by atoms with Gasteiger partial charge in [0.25, 0.3) is 0 Å². The summed E-state index contributed by atoms with van der Waals surface area (Å²) in [7, 11) is 5.95. The minimum absolute atomic E-state index is 0.695. The summed E-state index contributed by atoms with van der Waals surface area (Å²) < 4.78 is 1.86. The molecule has 0 aliphatic carbocycles. The average Bonchev–Trinajstić information content (AvgIpc) is 3.00. The van der Waals surface area contributed by atoms with Gasteiger partial charge in [0.05, 0.1) is 12.2 Å². The van der Waals surface area contributed by atoms with E-state index >= 15 is 0 Å². The van der Waals surface area contributed by atoms with E-state index in [9.17, 15) is 0 Å². The molecule has 2 N–H and O–H groups in total. The minimum atomic E-state index is 0.695. The van der Waals surface area contributed by atoms with Crippen LogP contribution in [0.25, 0.3) is 0 Å². The number of aryl methyl sites for hydroxylation is 1. The van der Waals surface area contributed by atoms with Crippen molar-refractivity contribution in [3.05, 3.63) is 53.3 Å². The van der Waals surface area contributed by atoms with E-state index in [0.717, 1.165) is 37.8 Å². The monoisotopic (exact) mass is 383 g/mol. The predicted octanol–water partition coefficient (Wildman–Crippen LogP) is 1.42. The smallest absolute Gasteiger partial charge is 0.191 e. The zero-order valence-electron chi connectivity index (χ0n) is 17.4. The molecule has 7 heteroatoms. The molecule has 1 aromatic carbocycles. The molecule has 1 fully saturated rings. The van der Waals surface area contributed by atoms with Gasteiger partial charge in [-0.05, 0) is 43.8 Å². The Hall–Kier alpha value is -2.38. The SMILES string of the molecule is CN=C(NCc1ccc(CN2CCCN(C)CC2)cc1)NCc1ccnn1C. The van der Waals surface area contributed by atoms with E-state index in [0.29, 0.717) is 6.54 Å². The Morgan fingerprint density at radius 1 is 0.964 bits per heavy atom. The van der Waals surface area contributed by atoms with Crippen molar-refractivity contribution >= 4 is 5.96 Å². The number of hydrogen-bond donors (Lipinski definition) is 2. The molecule has 0 amide bonds. The maximum absolute atomic E-state index is 4.30. The van der Waals surface area contributed by atoms with Gasteiger partial charge in [0, 0.05) is 46.5 Å². The van der Waals surface area contributed by atoms with Crippen LogP contribution in [0.3, 0.4) is 0 Å². The molecule has 3 rings (SSSR count). The van der Waals surface area contributed by atoms with E-state index < -0.39 is 0 Å². The third kappa shape index (κ3) is 6.07. The number of rotatable bonds is 6. The zero-order valence-corrected chi connectivity index (χ0v) is 17.4. The molecule has 0 saturated carbocycles. The number of nitrogens with zero attached hydrogens (tertiary/aromatic N) is 5. The van der Waals surface area contributed by atoms with Crippen molar-refractivity contribution in [2.75, 3.05) is 40.3 Å². The van der Waals surface area contributed by atoms with Crippen molar-refractivity contribution in [2.24, 2.45) is 12.0 Å². The highest BCUT2D eigenvalue weighted by atomic mass is 15.3. The Balaban J connectivity index is 1.45. The van der Waals surface area contributed by atoms with Crippen molar-refractivity contribution in [3.63, 3.8) is 0 Å². The fraction of sp³-hybridized carbons (Fsp3) is 0.524. The number of guanidine groups is 1. The summed E-state index contributed by atoms with van der Waals surface area (Å²) in [5.74, 6) is 0.791. The van der Waals surface area contributed by atoms with Gasteiger partial charge in [-0.2, -0.15) is 5.10 Å². The highest BCUT2D eigenvalue weighted by Gasteiger charge is 2.12. The van der Waals surface area contributed by atoms with Crippen molar-refractivity contribution in [3.8, 4) is 0 Å². The third-order valence-electron chi connectivity index (χ3n) is 5.28. The number of aromatic nitrogens is 2. The summed E-state index contributed by atoms with van der Waals surface area (Å²) in [5, 5.41) is 10.9. The first-order valence-corrected chi connectivity index (χ1v) is 10.0. The van der Waals surface area contributed by atoms with Gasteiger partial charge in [0.1, 0.15) is 0 Å². The molecule has 0 spiro atoms. The van der Waals surface area contributed by atoms with Crippen molar-refractivity contribution in [1.29, 1.82) is 0 Å². The first kappa shape index (κ1) is 20.4. The Morgan fingerprint density at radius 3 is 2.43 bits per heavy atom. The molecule has 1 aliphatic rings. The molecule has 0 bridgehead atoms. The molecule has 7 nitrogen and oxygen atoms in total. The topological polar surface area (TPSA) is 60.7 Å². The lowest BCUT2D eigenvalue weighted by molar-refractivity contribution is 0.269. The van der Waals surface area contributed by atoms with Crippen LogP contribution in [0.4, 0.5) is 0 Å². The molecule has 2 heterocycles. The molecule has 0 atom stereocenters. The Morgan fingerprint density at radius 2 is 1.71 bits per heavy atom. The number of likely N-dealkylation sites (N-methyl/N-ethyl adjacent to an activating group) is 1. The average molecular weight is 384 g/mol. The second-order valence-corrected chi connectivity index (χ2v) is 7.47. The largest absolute Gasteiger partial charge is 0.352 e. The highest BCUT2D eigenvalue weighted by molar-refractivity contribution is 5.79. The Bertz CT molecular complexity index is 750. The fourth-order valence-electron chi connectivity index (χ4n) is 3.43. The molecule has 2 aromatic rings. The van der Waals surface area contributed by atoms with Crippen molar-refractivity contribution < 1.29 is 0 Å². The van der Waals surface area contributed by atoms with Gasteiger partial charge in [-0.1, -0.05) is 24.3 Å². The fourth-order valence-corrected chi connectivity index (χ4v) is 3.43. The van der Waals surface area contributed by atoms with Gasteiger partial charge in [-0.25, -0.2) is 0 Å². The number of aliphatic imine (C=N–C) groups is 1. The molecule has 1 aromatic heterocycles. The zero-order chi connectivity index (χ0) is 19.8. The minimum Gasteiger partial charge on any atom is -0.352 e. The lowest BCUT2D eigenvalue weighted by Gasteiger charge is -2.20. The predicted molar refractivity (Wildman–Crippen MR) is 114 cm³/mol. The van der Waals surface area contributed by atoms with Crippen LogP contribution in [0, 0.1) is 0 Å². The van der Waals surface area contributed by atoms with E-state index in [1.165, 1.54) is 30.6 Å². The highest BCUT2D eigenvalue weighted by Crippen LogP contribution is 2.10. The number of nitrogens with one attached hydrogen (secondary N) is 2. The van der Waals surface area contributed by atoms with Gasteiger partial charge in [-0.3, -0.25) is 14.6 Å². The van der Waals surface area contributed by atoms with Crippen LogP contribution in [-0.2, 0) is 26.7 Å². The summed E-state index contributed by atoms with van der Waals surface area (Å²) in [4.78, 5) is 9.27. The normalized spacial score (nSPS) is 16.8. The van der Waals surface area contributed by atoms with Crippen LogP contribution in [-0.4, -0.2) is 65.8 Å². The summed E-state index contributed by atoms with van der Waals surface area (Å²) in [6.45, 7) is 7.18. The molecule has 0 radical (unpaired) electrons. The molecule has 1 saturated heterocycles. The number of hydrogen-bond acceptors (Lipinski definition) is 4. The van der Waals surface area contributed by atoms with Crippen LogP contribution >= 0.6 is 0 Å². The summed E-state index contributed by atoms with van der Waals surface area (Å²) >= 11 is 0. The van der Waals surface area contributed by atoms with Gasteiger partial charge < -0.3 is 15.5 Å². The van der Waals surface area contributed by atoms with E-state index in [-0.39, 0.29) is 0 Å². The van der Waals surface area contributed by atoms with Gasteiger partial charge in [0.2, 0.25) is 0 Å². The van der Waals surface area contributed by atoms with E-state index in [4.69, 9.17) is 0 Å². The van der Waals surface area contributed by atoms with Crippen LogP contribution in [0.2, 0.25) is 0 Å². The molecule has 152 valence electrons.